The van der Waals surface area contributed by atoms with Crippen molar-refractivity contribution in [1.82, 2.24) is 4.31 Å². The Labute approximate surface area is 113 Å². The first-order valence-corrected chi connectivity index (χ1v) is 8.58. The zero-order valence-corrected chi connectivity index (χ0v) is 12.9. The lowest BCUT2D eigenvalue weighted by Crippen LogP contribution is -2.50. The van der Waals surface area contributed by atoms with Crippen LogP contribution in [0.5, 0.6) is 0 Å². The summed E-state index contributed by atoms with van der Waals surface area (Å²) in [6.07, 6.45) is 0.435. The average molecular weight is 296 g/mol. The smallest absolute Gasteiger partial charge is 0.223 e. The van der Waals surface area contributed by atoms with Gasteiger partial charge in [-0.15, -0.1) is 0 Å². The fraction of sp³-hybridized carbons (Fsp3) is 0.900. The highest BCUT2D eigenvalue weighted by molar-refractivity contribution is 8.00. The quantitative estimate of drug-likeness (QED) is 0.790. The molecule has 0 bridgehead atoms. The van der Waals surface area contributed by atoms with E-state index in [1.807, 2.05) is 25.6 Å². The van der Waals surface area contributed by atoms with Gasteiger partial charge in [-0.3, -0.25) is 0 Å². The molecule has 0 radical (unpaired) electrons. The van der Waals surface area contributed by atoms with Gasteiger partial charge in [0.15, 0.2) is 0 Å². The molecule has 1 heterocycles. The Morgan fingerprint density at radius 2 is 1.94 bits per heavy atom. The first-order valence-electron chi connectivity index (χ1n) is 5.72. The van der Waals surface area contributed by atoms with Crippen LogP contribution in [0, 0.1) is 0 Å². The molecule has 1 rings (SSSR count). The fourth-order valence-electron chi connectivity index (χ4n) is 2.08. The Hall–Kier alpha value is 0.150. The lowest BCUT2D eigenvalue weighted by Gasteiger charge is -2.35. The molecule has 1 aliphatic heterocycles. The SMILES string of the molecule is CCC(C(N)=S)S(=O)(=O)N1CC(C)SC(C)C1. The van der Waals surface area contributed by atoms with Crippen LogP contribution >= 0.6 is 24.0 Å². The summed E-state index contributed by atoms with van der Waals surface area (Å²) in [4.78, 5) is 0.0750. The van der Waals surface area contributed by atoms with Crippen LogP contribution < -0.4 is 5.73 Å². The Kier molecular flexibility index (Phi) is 5.24. The topological polar surface area (TPSA) is 63.4 Å². The maximum Gasteiger partial charge on any atom is 0.223 e. The van der Waals surface area contributed by atoms with E-state index < -0.39 is 15.3 Å². The predicted octanol–water partition coefficient (Wildman–Crippen LogP) is 1.21. The second-order valence-corrected chi connectivity index (χ2v) is 8.89. The van der Waals surface area contributed by atoms with Crippen LogP contribution in [-0.2, 0) is 10.0 Å². The molecule has 3 atom stereocenters. The molecule has 2 N–H and O–H groups in total. The molecule has 17 heavy (non-hydrogen) atoms. The van der Waals surface area contributed by atoms with Gasteiger partial charge in [0.1, 0.15) is 5.25 Å². The van der Waals surface area contributed by atoms with Crippen molar-refractivity contribution in [3.8, 4) is 0 Å². The van der Waals surface area contributed by atoms with E-state index in [1.54, 1.807) is 11.2 Å². The Bertz CT molecular complexity index is 373. The van der Waals surface area contributed by atoms with Crippen LogP contribution in [0.25, 0.3) is 0 Å². The molecule has 1 saturated heterocycles. The highest BCUT2D eigenvalue weighted by Crippen LogP contribution is 2.28. The van der Waals surface area contributed by atoms with E-state index >= 15 is 0 Å². The molecule has 0 amide bonds. The van der Waals surface area contributed by atoms with Crippen molar-refractivity contribution in [3.05, 3.63) is 0 Å². The van der Waals surface area contributed by atoms with Crippen molar-refractivity contribution in [1.29, 1.82) is 0 Å². The average Bonchev–Trinajstić information content (AvgIpc) is 2.15. The Morgan fingerprint density at radius 1 is 1.47 bits per heavy atom. The van der Waals surface area contributed by atoms with E-state index in [4.69, 9.17) is 18.0 Å². The molecule has 0 aliphatic carbocycles. The lowest BCUT2D eigenvalue weighted by atomic mass is 10.3. The number of rotatable bonds is 4. The Morgan fingerprint density at radius 3 is 2.29 bits per heavy atom. The molecule has 100 valence electrons. The number of nitrogens with two attached hydrogens (primary N) is 1. The van der Waals surface area contributed by atoms with Gasteiger partial charge in [-0.1, -0.05) is 33.0 Å². The molecule has 4 nitrogen and oxygen atoms in total. The van der Waals surface area contributed by atoms with Crippen LogP contribution in [-0.4, -0.2) is 46.6 Å². The zero-order valence-electron chi connectivity index (χ0n) is 10.4. The van der Waals surface area contributed by atoms with Crippen molar-refractivity contribution in [2.45, 2.75) is 42.9 Å². The van der Waals surface area contributed by atoms with E-state index in [0.717, 1.165) is 0 Å². The molecule has 0 aromatic rings. The second kappa shape index (κ2) is 5.86. The minimum absolute atomic E-state index is 0.0750. The third-order valence-electron chi connectivity index (χ3n) is 2.79. The third-order valence-corrected chi connectivity index (χ3v) is 6.78. The molecule has 0 saturated carbocycles. The lowest BCUT2D eigenvalue weighted by molar-refractivity contribution is 0.401. The van der Waals surface area contributed by atoms with E-state index in [1.165, 1.54) is 0 Å². The van der Waals surface area contributed by atoms with E-state index in [2.05, 4.69) is 0 Å². The summed E-state index contributed by atoms with van der Waals surface area (Å²) in [5, 5.41) is -0.0882. The number of nitrogens with zero attached hydrogens (tertiary/aromatic N) is 1. The number of thioether (sulfide) groups is 1. The van der Waals surface area contributed by atoms with E-state index in [9.17, 15) is 8.42 Å². The Balaban J connectivity index is 2.93. The summed E-state index contributed by atoms with van der Waals surface area (Å²) >= 11 is 6.68. The van der Waals surface area contributed by atoms with Crippen LogP contribution in [0.2, 0.25) is 0 Å². The summed E-state index contributed by atoms with van der Waals surface area (Å²) in [7, 11) is -3.39. The number of thiocarbonyl (C=S) groups is 1. The summed E-state index contributed by atoms with van der Waals surface area (Å²) in [5.41, 5.74) is 5.53. The number of hydrogen-bond acceptors (Lipinski definition) is 4. The van der Waals surface area contributed by atoms with Crippen molar-refractivity contribution in [2.24, 2.45) is 5.73 Å². The van der Waals surface area contributed by atoms with Gasteiger partial charge >= 0.3 is 0 Å². The van der Waals surface area contributed by atoms with Gasteiger partial charge in [-0.25, -0.2) is 8.42 Å². The van der Waals surface area contributed by atoms with Crippen molar-refractivity contribution < 1.29 is 8.42 Å². The van der Waals surface area contributed by atoms with E-state index in [0.29, 0.717) is 30.0 Å². The summed E-state index contributed by atoms with van der Waals surface area (Å²) in [6.45, 7) is 7.00. The van der Waals surface area contributed by atoms with Gasteiger partial charge in [0.25, 0.3) is 0 Å². The maximum absolute atomic E-state index is 12.4. The monoisotopic (exact) mass is 296 g/mol. The largest absolute Gasteiger partial charge is 0.392 e. The molecule has 0 aromatic carbocycles. The summed E-state index contributed by atoms with van der Waals surface area (Å²) in [6, 6.07) is 0. The molecule has 0 spiro atoms. The highest BCUT2D eigenvalue weighted by Gasteiger charge is 2.36. The molecular weight excluding hydrogens is 276 g/mol. The standard InChI is InChI=1S/C10H20N2O2S3/c1-4-9(10(11)15)17(13,14)12-5-7(2)16-8(3)6-12/h7-9H,4-6H2,1-3H3,(H2,11,15). The predicted molar refractivity (Wildman–Crippen MR) is 77.9 cm³/mol. The molecule has 3 unspecified atom stereocenters. The molecule has 7 heteroatoms. The minimum atomic E-state index is -3.39. The van der Waals surface area contributed by atoms with Gasteiger partial charge in [0.2, 0.25) is 10.0 Å². The van der Waals surface area contributed by atoms with Crippen molar-refractivity contribution >= 4 is 39.0 Å². The van der Waals surface area contributed by atoms with Crippen LogP contribution in [0.3, 0.4) is 0 Å². The third kappa shape index (κ3) is 3.56. The number of sulfonamides is 1. The van der Waals surface area contributed by atoms with E-state index in [-0.39, 0.29) is 4.99 Å². The van der Waals surface area contributed by atoms with Gasteiger partial charge in [-0.05, 0) is 6.42 Å². The molecule has 1 aliphatic rings. The first-order chi connectivity index (χ1) is 7.78. The van der Waals surface area contributed by atoms with Gasteiger partial charge < -0.3 is 5.73 Å². The fourth-order valence-corrected chi connectivity index (χ4v) is 6.06. The van der Waals surface area contributed by atoms with Crippen LogP contribution in [0.4, 0.5) is 0 Å². The molecular formula is C10H20N2O2S3. The summed E-state index contributed by atoms with van der Waals surface area (Å²) in [5.74, 6) is 0. The van der Waals surface area contributed by atoms with Gasteiger partial charge in [0.05, 0.1) is 4.99 Å². The zero-order chi connectivity index (χ0) is 13.2. The summed E-state index contributed by atoms with van der Waals surface area (Å²) < 4.78 is 26.3. The maximum atomic E-state index is 12.4. The van der Waals surface area contributed by atoms with Gasteiger partial charge in [0, 0.05) is 23.6 Å². The molecule has 1 fully saturated rings. The second-order valence-electron chi connectivity index (χ2n) is 4.42. The van der Waals surface area contributed by atoms with Crippen molar-refractivity contribution in [3.63, 3.8) is 0 Å². The molecule has 0 aromatic heterocycles. The van der Waals surface area contributed by atoms with Gasteiger partial charge in [-0.2, -0.15) is 16.1 Å². The first kappa shape index (κ1) is 15.2. The van der Waals surface area contributed by atoms with Crippen LogP contribution in [0.15, 0.2) is 0 Å². The number of hydrogen-bond donors (Lipinski definition) is 1. The van der Waals surface area contributed by atoms with Crippen molar-refractivity contribution in [2.75, 3.05) is 13.1 Å². The minimum Gasteiger partial charge on any atom is -0.392 e. The normalized spacial score (nSPS) is 28.9. The van der Waals surface area contributed by atoms with Crippen LogP contribution in [0.1, 0.15) is 27.2 Å². The highest BCUT2D eigenvalue weighted by atomic mass is 32.2.